The van der Waals surface area contributed by atoms with E-state index in [2.05, 4.69) is 17.4 Å². The van der Waals surface area contributed by atoms with Gasteiger partial charge in [-0.25, -0.2) is 0 Å². The summed E-state index contributed by atoms with van der Waals surface area (Å²) < 4.78 is 5.14. The molecule has 0 spiro atoms. The molecule has 1 unspecified atom stereocenters. The summed E-state index contributed by atoms with van der Waals surface area (Å²) in [6.07, 6.45) is 1.92. The summed E-state index contributed by atoms with van der Waals surface area (Å²) in [4.78, 5) is 14.1. The molecule has 0 saturated carbocycles. The fraction of sp³-hybridized carbons (Fsp3) is 0.533. The van der Waals surface area contributed by atoms with Crippen molar-refractivity contribution in [1.29, 1.82) is 0 Å². The molecule has 2 rings (SSSR count). The molecule has 1 aromatic carbocycles. The molecule has 0 aromatic heterocycles. The molecule has 1 heterocycles. The van der Waals surface area contributed by atoms with Crippen LogP contribution in [0.3, 0.4) is 0 Å². The molecule has 0 radical (unpaired) electrons. The molecule has 4 nitrogen and oxygen atoms in total. The van der Waals surface area contributed by atoms with Gasteiger partial charge in [0.25, 0.3) is 0 Å². The standard InChI is InChI=1S/C15H22N2O2/c1-12-15(18)17(10-3-9-16-12)11-8-13-4-6-14(19-2)7-5-13/h4-7,12,16H,3,8-11H2,1-2H3. The minimum atomic E-state index is -0.0571. The fourth-order valence-electron chi connectivity index (χ4n) is 2.34. The highest BCUT2D eigenvalue weighted by Crippen LogP contribution is 2.12. The van der Waals surface area contributed by atoms with Crippen LogP contribution in [0.4, 0.5) is 0 Å². The van der Waals surface area contributed by atoms with E-state index in [9.17, 15) is 4.79 Å². The third-order valence-corrected chi connectivity index (χ3v) is 3.57. The normalized spacial score (nSPS) is 20.2. The van der Waals surface area contributed by atoms with Crippen LogP contribution in [0.5, 0.6) is 5.75 Å². The van der Waals surface area contributed by atoms with E-state index in [1.54, 1.807) is 7.11 Å². The lowest BCUT2D eigenvalue weighted by molar-refractivity contribution is -0.132. The minimum absolute atomic E-state index is 0.0571. The maximum Gasteiger partial charge on any atom is 0.239 e. The van der Waals surface area contributed by atoms with E-state index < -0.39 is 0 Å². The molecule has 0 aliphatic carbocycles. The number of methoxy groups -OCH3 is 1. The first-order chi connectivity index (χ1) is 9.20. The molecule has 4 heteroatoms. The molecule has 1 saturated heterocycles. The molecule has 0 bridgehead atoms. The van der Waals surface area contributed by atoms with E-state index in [4.69, 9.17) is 4.74 Å². The number of amides is 1. The van der Waals surface area contributed by atoms with E-state index in [0.29, 0.717) is 0 Å². The lowest BCUT2D eigenvalue weighted by atomic mass is 10.1. The molecule has 1 fully saturated rings. The average molecular weight is 262 g/mol. The van der Waals surface area contributed by atoms with Crippen molar-refractivity contribution in [2.75, 3.05) is 26.7 Å². The van der Waals surface area contributed by atoms with Crippen LogP contribution in [-0.4, -0.2) is 43.6 Å². The molecule has 1 aliphatic heterocycles. The van der Waals surface area contributed by atoms with Gasteiger partial charge in [0.2, 0.25) is 5.91 Å². The van der Waals surface area contributed by atoms with Crippen LogP contribution in [0, 0.1) is 0 Å². The highest BCUT2D eigenvalue weighted by atomic mass is 16.5. The largest absolute Gasteiger partial charge is 0.497 e. The van der Waals surface area contributed by atoms with Crippen LogP contribution in [0.25, 0.3) is 0 Å². The fourth-order valence-corrected chi connectivity index (χ4v) is 2.34. The van der Waals surface area contributed by atoms with Gasteiger partial charge in [-0.2, -0.15) is 0 Å². The third-order valence-electron chi connectivity index (χ3n) is 3.57. The summed E-state index contributed by atoms with van der Waals surface area (Å²) >= 11 is 0. The van der Waals surface area contributed by atoms with E-state index in [1.165, 1.54) is 5.56 Å². The van der Waals surface area contributed by atoms with Crippen molar-refractivity contribution in [3.05, 3.63) is 29.8 Å². The Labute approximate surface area is 114 Å². The van der Waals surface area contributed by atoms with Crippen molar-refractivity contribution >= 4 is 5.91 Å². The SMILES string of the molecule is COc1ccc(CCN2CCCNC(C)C2=O)cc1. The van der Waals surface area contributed by atoms with Gasteiger partial charge in [0.05, 0.1) is 13.2 Å². The smallest absolute Gasteiger partial charge is 0.239 e. The zero-order valence-corrected chi connectivity index (χ0v) is 11.7. The summed E-state index contributed by atoms with van der Waals surface area (Å²) in [6, 6.07) is 7.98. The quantitative estimate of drug-likeness (QED) is 0.893. The van der Waals surface area contributed by atoms with Crippen molar-refractivity contribution in [3.8, 4) is 5.75 Å². The van der Waals surface area contributed by atoms with E-state index in [-0.39, 0.29) is 11.9 Å². The van der Waals surface area contributed by atoms with Gasteiger partial charge in [-0.05, 0) is 44.0 Å². The maximum atomic E-state index is 12.1. The van der Waals surface area contributed by atoms with Gasteiger partial charge in [0, 0.05) is 13.1 Å². The van der Waals surface area contributed by atoms with Crippen molar-refractivity contribution < 1.29 is 9.53 Å². The predicted octanol–water partition coefficient (Wildman–Crippen LogP) is 1.45. The zero-order chi connectivity index (χ0) is 13.7. The summed E-state index contributed by atoms with van der Waals surface area (Å²) in [5.74, 6) is 1.08. The number of hydrogen-bond acceptors (Lipinski definition) is 3. The Balaban J connectivity index is 1.91. The van der Waals surface area contributed by atoms with E-state index in [1.807, 2.05) is 24.0 Å². The van der Waals surface area contributed by atoms with Gasteiger partial charge in [-0.3, -0.25) is 4.79 Å². The Morgan fingerprint density at radius 2 is 2.11 bits per heavy atom. The van der Waals surface area contributed by atoms with Gasteiger partial charge in [0.15, 0.2) is 0 Å². The first-order valence-electron chi connectivity index (χ1n) is 6.86. The maximum absolute atomic E-state index is 12.1. The Bertz CT molecular complexity index is 417. The minimum Gasteiger partial charge on any atom is -0.497 e. The van der Waals surface area contributed by atoms with Gasteiger partial charge in [-0.15, -0.1) is 0 Å². The van der Waals surface area contributed by atoms with Gasteiger partial charge in [-0.1, -0.05) is 12.1 Å². The Hall–Kier alpha value is -1.55. The van der Waals surface area contributed by atoms with Crippen LogP contribution >= 0.6 is 0 Å². The van der Waals surface area contributed by atoms with Gasteiger partial charge >= 0.3 is 0 Å². The van der Waals surface area contributed by atoms with Crippen LogP contribution in [-0.2, 0) is 11.2 Å². The van der Waals surface area contributed by atoms with Crippen LogP contribution in [0.2, 0.25) is 0 Å². The lowest BCUT2D eigenvalue weighted by Gasteiger charge is -2.22. The number of carbonyl (C=O) groups is 1. The Kier molecular flexibility index (Phi) is 4.80. The summed E-state index contributed by atoms with van der Waals surface area (Å²) in [6.45, 7) is 4.50. The molecule has 1 atom stereocenters. The van der Waals surface area contributed by atoms with E-state index in [0.717, 1.165) is 38.2 Å². The number of nitrogens with zero attached hydrogens (tertiary/aromatic N) is 1. The van der Waals surface area contributed by atoms with Crippen molar-refractivity contribution in [1.82, 2.24) is 10.2 Å². The van der Waals surface area contributed by atoms with Crippen molar-refractivity contribution in [2.24, 2.45) is 0 Å². The summed E-state index contributed by atoms with van der Waals surface area (Å²) in [7, 11) is 1.67. The summed E-state index contributed by atoms with van der Waals surface area (Å²) in [5.41, 5.74) is 1.23. The molecule has 1 aliphatic rings. The van der Waals surface area contributed by atoms with E-state index >= 15 is 0 Å². The number of rotatable bonds is 4. The van der Waals surface area contributed by atoms with Crippen molar-refractivity contribution in [3.63, 3.8) is 0 Å². The first kappa shape index (κ1) is 13.9. The third kappa shape index (κ3) is 3.70. The molecule has 1 aromatic rings. The predicted molar refractivity (Wildman–Crippen MR) is 75.4 cm³/mol. The molecule has 19 heavy (non-hydrogen) atoms. The van der Waals surface area contributed by atoms with Crippen LogP contribution < -0.4 is 10.1 Å². The molecular weight excluding hydrogens is 240 g/mol. The van der Waals surface area contributed by atoms with Gasteiger partial charge < -0.3 is 15.0 Å². The number of ether oxygens (including phenoxy) is 1. The number of hydrogen-bond donors (Lipinski definition) is 1. The molecule has 1 amide bonds. The number of nitrogens with one attached hydrogen (secondary N) is 1. The molecule has 104 valence electrons. The second kappa shape index (κ2) is 6.57. The molecule has 1 N–H and O–H groups in total. The molecular formula is C15H22N2O2. The first-order valence-corrected chi connectivity index (χ1v) is 6.86. The second-order valence-electron chi connectivity index (χ2n) is 4.95. The average Bonchev–Trinajstić information content (AvgIpc) is 2.60. The van der Waals surface area contributed by atoms with Crippen LogP contribution in [0.15, 0.2) is 24.3 Å². The highest BCUT2D eigenvalue weighted by Gasteiger charge is 2.22. The monoisotopic (exact) mass is 262 g/mol. The second-order valence-corrected chi connectivity index (χ2v) is 4.95. The Morgan fingerprint density at radius 1 is 1.37 bits per heavy atom. The zero-order valence-electron chi connectivity index (χ0n) is 11.7. The van der Waals surface area contributed by atoms with Crippen LogP contribution in [0.1, 0.15) is 18.9 Å². The summed E-state index contributed by atoms with van der Waals surface area (Å²) in [5, 5.41) is 3.23. The van der Waals surface area contributed by atoms with Crippen molar-refractivity contribution in [2.45, 2.75) is 25.8 Å². The lowest BCUT2D eigenvalue weighted by Crippen LogP contribution is -2.42. The number of benzene rings is 1. The Morgan fingerprint density at radius 3 is 2.79 bits per heavy atom. The number of carbonyl (C=O) groups excluding carboxylic acids is 1. The van der Waals surface area contributed by atoms with Gasteiger partial charge in [0.1, 0.15) is 5.75 Å². The highest BCUT2D eigenvalue weighted by molar-refractivity contribution is 5.81. The topological polar surface area (TPSA) is 41.6 Å².